The van der Waals surface area contributed by atoms with Crippen LogP contribution >= 0.6 is 0 Å². The largest absolute Gasteiger partial charge is 0.396 e. The first-order valence-electron chi connectivity index (χ1n) is 6.70. The molecule has 0 saturated carbocycles. The van der Waals surface area contributed by atoms with Crippen LogP contribution in [0.1, 0.15) is 43.9 Å². The molecule has 0 radical (unpaired) electrons. The zero-order valence-electron chi connectivity index (χ0n) is 12.0. The zero-order valence-corrected chi connectivity index (χ0v) is 12.0. The van der Waals surface area contributed by atoms with Gasteiger partial charge in [-0.05, 0) is 41.9 Å². The number of aliphatic hydroxyl groups excluding tert-OH is 2. The van der Waals surface area contributed by atoms with Crippen molar-refractivity contribution >= 4 is 0 Å². The number of aliphatic hydroxyl groups is 2. The Bertz CT molecular complexity index is 373. The first kappa shape index (κ1) is 15.2. The van der Waals surface area contributed by atoms with Gasteiger partial charge < -0.3 is 10.2 Å². The maximum absolute atomic E-state index is 9.10. The summed E-state index contributed by atoms with van der Waals surface area (Å²) in [5.41, 5.74) is 4.12. The second kappa shape index (κ2) is 6.35. The lowest BCUT2D eigenvalue weighted by atomic mass is 9.84. The van der Waals surface area contributed by atoms with E-state index in [1.807, 2.05) is 0 Å². The summed E-state index contributed by atoms with van der Waals surface area (Å²) in [7, 11) is 0. The Labute approximate surface area is 111 Å². The smallest absolute Gasteiger partial charge is 0.0481 e. The molecule has 0 bridgehead atoms. The highest BCUT2D eigenvalue weighted by Gasteiger charge is 2.15. The Morgan fingerprint density at radius 3 is 2.22 bits per heavy atom. The van der Waals surface area contributed by atoms with Gasteiger partial charge in [0.1, 0.15) is 0 Å². The van der Waals surface area contributed by atoms with Crippen LogP contribution in [-0.4, -0.2) is 23.4 Å². The molecule has 102 valence electrons. The monoisotopic (exact) mass is 250 g/mol. The van der Waals surface area contributed by atoms with Crippen molar-refractivity contribution in [3.05, 3.63) is 34.9 Å². The van der Waals surface area contributed by atoms with Gasteiger partial charge in [-0.3, -0.25) is 0 Å². The van der Waals surface area contributed by atoms with Crippen LogP contribution in [0.3, 0.4) is 0 Å². The fourth-order valence-corrected chi connectivity index (χ4v) is 2.01. The molecule has 0 spiro atoms. The lowest BCUT2D eigenvalue weighted by molar-refractivity contribution is 0.144. The molecule has 1 rings (SSSR count). The molecule has 1 aromatic rings. The predicted octanol–water partition coefficient (Wildman–Crippen LogP) is 2.83. The van der Waals surface area contributed by atoms with Crippen LogP contribution in [0.25, 0.3) is 0 Å². The highest BCUT2D eigenvalue weighted by atomic mass is 16.3. The van der Waals surface area contributed by atoms with Crippen molar-refractivity contribution in [2.45, 2.75) is 46.0 Å². The summed E-state index contributed by atoms with van der Waals surface area (Å²) in [6.45, 7) is 8.89. The van der Waals surface area contributed by atoms with Crippen molar-refractivity contribution in [1.29, 1.82) is 0 Å². The summed E-state index contributed by atoms with van der Waals surface area (Å²) in [4.78, 5) is 0. The van der Waals surface area contributed by atoms with E-state index in [9.17, 15) is 0 Å². The maximum atomic E-state index is 9.10. The third-order valence-electron chi connectivity index (χ3n) is 3.55. The Balaban J connectivity index is 2.82. The van der Waals surface area contributed by atoms with E-state index in [2.05, 4.69) is 45.9 Å². The molecule has 0 unspecified atom stereocenters. The Morgan fingerprint density at radius 1 is 1.11 bits per heavy atom. The van der Waals surface area contributed by atoms with E-state index >= 15 is 0 Å². The van der Waals surface area contributed by atoms with Crippen LogP contribution in [-0.2, 0) is 11.8 Å². The molecule has 0 amide bonds. The topological polar surface area (TPSA) is 40.5 Å². The van der Waals surface area contributed by atoms with E-state index in [-0.39, 0.29) is 24.5 Å². The number of benzene rings is 1. The lowest BCUT2D eigenvalue weighted by Gasteiger charge is -2.21. The van der Waals surface area contributed by atoms with Gasteiger partial charge >= 0.3 is 0 Å². The minimum Gasteiger partial charge on any atom is -0.396 e. The van der Waals surface area contributed by atoms with Gasteiger partial charge in [0.05, 0.1) is 0 Å². The van der Waals surface area contributed by atoms with E-state index in [4.69, 9.17) is 10.2 Å². The molecule has 2 nitrogen and oxygen atoms in total. The van der Waals surface area contributed by atoms with Gasteiger partial charge in [-0.1, -0.05) is 39.0 Å². The van der Waals surface area contributed by atoms with Crippen molar-refractivity contribution in [2.24, 2.45) is 5.92 Å². The molecule has 0 aromatic heterocycles. The molecule has 1 aromatic carbocycles. The van der Waals surface area contributed by atoms with Crippen molar-refractivity contribution in [2.75, 3.05) is 13.2 Å². The van der Waals surface area contributed by atoms with Crippen molar-refractivity contribution in [1.82, 2.24) is 0 Å². The van der Waals surface area contributed by atoms with Crippen LogP contribution < -0.4 is 0 Å². The second-order valence-corrected chi connectivity index (χ2v) is 6.16. The molecule has 0 saturated heterocycles. The Kier molecular flexibility index (Phi) is 5.36. The number of rotatable bonds is 5. The molecule has 18 heavy (non-hydrogen) atoms. The van der Waals surface area contributed by atoms with Gasteiger partial charge in [0.15, 0.2) is 0 Å². The average Bonchev–Trinajstić information content (AvgIpc) is 2.31. The van der Waals surface area contributed by atoms with Gasteiger partial charge in [-0.15, -0.1) is 0 Å². The van der Waals surface area contributed by atoms with Crippen molar-refractivity contribution < 1.29 is 10.2 Å². The highest BCUT2D eigenvalue weighted by Crippen LogP contribution is 2.25. The molecule has 0 aliphatic carbocycles. The average molecular weight is 250 g/mol. The van der Waals surface area contributed by atoms with Gasteiger partial charge in [-0.2, -0.15) is 0 Å². The van der Waals surface area contributed by atoms with E-state index < -0.39 is 0 Å². The van der Waals surface area contributed by atoms with Crippen LogP contribution in [0, 0.1) is 12.8 Å². The summed E-state index contributed by atoms with van der Waals surface area (Å²) in [5.74, 6) is 0.00249. The summed E-state index contributed by atoms with van der Waals surface area (Å²) in [5, 5.41) is 18.2. The van der Waals surface area contributed by atoms with Crippen molar-refractivity contribution in [3.63, 3.8) is 0 Å². The molecule has 2 heteroatoms. The van der Waals surface area contributed by atoms with E-state index in [1.54, 1.807) is 0 Å². The third kappa shape index (κ3) is 4.11. The van der Waals surface area contributed by atoms with Gasteiger partial charge in [0.2, 0.25) is 0 Å². The van der Waals surface area contributed by atoms with E-state index in [0.717, 1.165) is 12.8 Å². The fraction of sp³-hybridized carbons (Fsp3) is 0.625. The van der Waals surface area contributed by atoms with E-state index in [1.165, 1.54) is 16.7 Å². The molecule has 0 aliphatic rings. The van der Waals surface area contributed by atoms with Crippen molar-refractivity contribution in [3.8, 4) is 0 Å². The lowest BCUT2D eigenvalue weighted by Crippen LogP contribution is -2.14. The minimum atomic E-state index is 0.00249. The summed E-state index contributed by atoms with van der Waals surface area (Å²) in [6, 6.07) is 6.62. The molecular weight excluding hydrogens is 224 g/mol. The molecule has 0 fully saturated rings. The Morgan fingerprint density at radius 2 is 1.72 bits per heavy atom. The summed E-state index contributed by atoms with van der Waals surface area (Å²) >= 11 is 0. The first-order chi connectivity index (χ1) is 8.38. The first-order valence-corrected chi connectivity index (χ1v) is 6.70. The predicted molar refractivity (Wildman–Crippen MR) is 75.9 cm³/mol. The van der Waals surface area contributed by atoms with Crippen LogP contribution in [0.4, 0.5) is 0 Å². The third-order valence-corrected chi connectivity index (χ3v) is 3.55. The fourth-order valence-electron chi connectivity index (χ4n) is 2.01. The Hall–Kier alpha value is -0.860. The number of aryl methyl sites for hydroxylation is 2. The highest BCUT2D eigenvalue weighted by molar-refractivity contribution is 5.34. The van der Waals surface area contributed by atoms with Gasteiger partial charge in [0.25, 0.3) is 0 Å². The summed E-state index contributed by atoms with van der Waals surface area (Å²) in [6.07, 6.45) is 1.75. The van der Waals surface area contributed by atoms with Crippen LogP contribution in [0.15, 0.2) is 18.2 Å². The SMILES string of the molecule is Cc1ccc(C(C)(C)C)cc1CCC(CO)CO. The molecule has 0 atom stereocenters. The molecule has 0 aliphatic heterocycles. The zero-order chi connectivity index (χ0) is 13.8. The molecule has 0 heterocycles. The number of hydrogen-bond donors (Lipinski definition) is 2. The quantitative estimate of drug-likeness (QED) is 0.843. The number of hydrogen-bond acceptors (Lipinski definition) is 2. The normalized spacial score (nSPS) is 12.2. The molecule has 2 N–H and O–H groups in total. The van der Waals surface area contributed by atoms with Crippen LogP contribution in [0.5, 0.6) is 0 Å². The van der Waals surface area contributed by atoms with Gasteiger partial charge in [0, 0.05) is 19.1 Å². The minimum absolute atomic E-state index is 0.00249. The van der Waals surface area contributed by atoms with E-state index in [0.29, 0.717) is 0 Å². The van der Waals surface area contributed by atoms with Crippen LogP contribution in [0.2, 0.25) is 0 Å². The maximum Gasteiger partial charge on any atom is 0.0481 e. The van der Waals surface area contributed by atoms with Gasteiger partial charge in [-0.25, -0.2) is 0 Å². The molecular formula is C16H26O2. The standard InChI is InChI=1S/C16H26O2/c1-12-5-8-15(16(2,3)4)9-14(12)7-6-13(10-17)11-18/h5,8-9,13,17-18H,6-7,10-11H2,1-4H3. The summed E-state index contributed by atoms with van der Waals surface area (Å²) < 4.78 is 0. The second-order valence-electron chi connectivity index (χ2n) is 6.16.